The number of hydrogen-bond acceptors (Lipinski definition) is 4. The summed E-state index contributed by atoms with van der Waals surface area (Å²) in [5.41, 5.74) is 5.04. The van der Waals surface area contributed by atoms with Crippen LogP contribution in [0.15, 0.2) is 0 Å². The number of rotatable bonds is 18. The van der Waals surface area contributed by atoms with Gasteiger partial charge in [-0.25, -0.2) is 0 Å². The minimum atomic E-state index is -0.326. The molecule has 162 valence electrons. The molecular formula is C20H38N4O4. The molecule has 0 aromatic carbocycles. The second-order valence-corrected chi connectivity index (χ2v) is 6.95. The molecule has 0 unspecified atom stereocenters. The molecule has 0 rings (SSSR count). The molecule has 8 heteroatoms. The van der Waals surface area contributed by atoms with Gasteiger partial charge in [0.25, 0.3) is 0 Å². The van der Waals surface area contributed by atoms with Crippen molar-refractivity contribution in [3.63, 3.8) is 0 Å². The first-order chi connectivity index (χ1) is 13.5. The fourth-order valence-corrected chi connectivity index (χ4v) is 2.68. The van der Waals surface area contributed by atoms with Gasteiger partial charge in [0.15, 0.2) is 0 Å². The van der Waals surface area contributed by atoms with E-state index in [0.717, 1.165) is 38.5 Å². The van der Waals surface area contributed by atoms with Crippen LogP contribution in [0.5, 0.6) is 0 Å². The Hall–Kier alpha value is -2.12. The monoisotopic (exact) mass is 398 g/mol. The molecule has 0 aromatic rings. The lowest BCUT2D eigenvalue weighted by molar-refractivity contribution is -0.123. The number of primary amides is 1. The molecule has 5 N–H and O–H groups in total. The minimum absolute atomic E-state index is 0.0175. The molecule has 0 heterocycles. The molecule has 0 aromatic heterocycles. The van der Waals surface area contributed by atoms with Crippen molar-refractivity contribution in [2.24, 2.45) is 5.73 Å². The molecule has 8 nitrogen and oxygen atoms in total. The number of nitrogens with two attached hydrogens (primary N) is 1. The average Bonchev–Trinajstić information content (AvgIpc) is 2.64. The van der Waals surface area contributed by atoms with Crippen molar-refractivity contribution in [1.29, 1.82) is 0 Å². The van der Waals surface area contributed by atoms with Gasteiger partial charge in [-0.15, -0.1) is 0 Å². The van der Waals surface area contributed by atoms with Gasteiger partial charge >= 0.3 is 0 Å². The second-order valence-electron chi connectivity index (χ2n) is 6.95. The molecule has 0 aliphatic carbocycles. The van der Waals surface area contributed by atoms with Gasteiger partial charge in [0.05, 0.1) is 0 Å². The highest BCUT2D eigenvalue weighted by atomic mass is 16.2. The smallest absolute Gasteiger partial charge is 0.219 e. The van der Waals surface area contributed by atoms with Crippen molar-refractivity contribution in [3.05, 3.63) is 0 Å². The molecule has 0 bridgehead atoms. The summed E-state index contributed by atoms with van der Waals surface area (Å²) in [6.45, 7) is 3.86. The molecule has 0 fully saturated rings. The number of nitrogens with one attached hydrogen (secondary N) is 3. The summed E-state index contributed by atoms with van der Waals surface area (Å²) in [5, 5.41) is 8.51. The summed E-state index contributed by atoms with van der Waals surface area (Å²) in [5.74, 6) is -0.223. The van der Waals surface area contributed by atoms with Gasteiger partial charge in [-0.05, 0) is 45.4 Å². The molecule has 0 atom stereocenters. The highest BCUT2D eigenvalue weighted by Gasteiger charge is 2.04. The van der Waals surface area contributed by atoms with E-state index < -0.39 is 0 Å². The Morgan fingerprint density at radius 3 is 1.36 bits per heavy atom. The molecule has 0 saturated carbocycles. The Bertz CT molecular complexity index is 469. The molecule has 0 aliphatic heterocycles. The third-order valence-corrected chi connectivity index (χ3v) is 4.26. The van der Waals surface area contributed by atoms with Crippen molar-refractivity contribution in [2.45, 2.75) is 84.0 Å². The zero-order chi connectivity index (χ0) is 21.0. The standard InChI is InChI=1S/C20H38N4O4/c1-2-22-18(26)12-7-8-14-20(28)24-16-10-4-3-9-15-23-19(27)13-6-5-11-17(21)25/h2-16H2,1H3,(H2,21,25)(H,22,26)(H,23,27)(H,24,28). The van der Waals surface area contributed by atoms with E-state index in [1.807, 2.05) is 6.92 Å². The van der Waals surface area contributed by atoms with Crippen LogP contribution in [0, 0.1) is 0 Å². The van der Waals surface area contributed by atoms with Gasteiger partial charge in [-0.1, -0.05) is 12.8 Å². The third kappa shape index (κ3) is 18.7. The molecule has 0 radical (unpaired) electrons. The Balaban J connectivity index is 3.35. The van der Waals surface area contributed by atoms with Crippen LogP contribution in [0.25, 0.3) is 0 Å². The average molecular weight is 399 g/mol. The Labute approximate surface area is 168 Å². The molecule has 28 heavy (non-hydrogen) atoms. The maximum absolute atomic E-state index is 11.7. The van der Waals surface area contributed by atoms with Crippen LogP contribution < -0.4 is 21.7 Å². The van der Waals surface area contributed by atoms with Crippen LogP contribution in [0.2, 0.25) is 0 Å². The molecule has 0 saturated heterocycles. The highest BCUT2D eigenvalue weighted by Crippen LogP contribution is 2.02. The normalized spacial score (nSPS) is 10.3. The van der Waals surface area contributed by atoms with Crippen molar-refractivity contribution in [2.75, 3.05) is 19.6 Å². The van der Waals surface area contributed by atoms with E-state index in [1.165, 1.54) is 0 Å². The summed E-state index contributed by atoms with van der Waals surface area (Å²) in [6.07, 6.45) is 8.35. The maximum atomic E-state index is 11.7. The Kier molecular flexibility index (Phi) is 16.9. The fourth-order valence-electron chi connectivity index (χ4n) is 2.68. The van der Waals surface area contributed by atoms with Crippen LogP contribution >= 0.6 is 0 Å². The topological polar surface area (TPSA) is 130 Å². The van der Waals surface area contributed by atoms with Crippen molar-refractivity contribution in [3.8, 4) is 0 Å². The van der Waals surface area contributed by atoms with Crippen LogP contribution in [-0.4, -0.2) is 43.3 Å². The summed E-state index contributed by atoms with van der Waals surface area (Å²) < 4.78 is 0. The summed E-state index contributed by atoms with van der Waals surface area (Å²) in [7, 11) is 0. The van der Waals surface area contributed by atoms with E-state index in [4.69, 9.17) is 5.73 Å². The maximum Gasteiger partial charge on any atom is 0.219 e. The molecule has 0 spiro atoms. The Morgan fingerprint density at radius 1 is 0.571 bits per heavy atom. The zero-order valence-electron chi connectivity index (χ0n) is 17.3. The van der Waals surface area contributed by atoms with Crippen molar-refractivity contribution < 1.29 is 19.2 Å². The van der Waals surface area contributed by atoms with E-state index in [1.54, 1.807) is 0 Å². The highest BCUT2D eigenvalue weighted by molar-refractivity contribution is 5.77. The van der Waals surface area contributed by atoms with Crippen LogP contribution in [0.3, 0.4) is 0 Å². The van der Waals surface area contributed by atoms with Gasteiger partial charge in [0.2, 0.25) is 23.6 Å². The summed E-state index contributed by atoms with van der Waals surface area (Å²) in [6, 6.07) is 0. The van der Waals surface area contributed by atoms with Gasteiger partial charge in [0.1, 0.15) is 0 Å². The predicted octanol–water partition coefficient (Wildman–Crippen LogP) is 1.52. The van der Waals surface area contributed by atoms with E-state index in [2.05, 4.69) is 16.0 Å². The van der Waals surface area contributed by atoms with Gasteiger partial charge in [-0.3, -0.25) is 19.2 Å². The quantitative estimate of drug-likeness (QED) is 0.261. The lowest BCUT2D eigenvalue weighted by Crippen LogP contribution is -2.25. The predicted molar refractivity (Wildman–Crippen MR) is 109 cm³/mol. The van der Waals surface area contributed by atoms with Gasteiger partial charge in [-0.2, -0.15) is 0 Å². The zero-order valence-corrected chi connectivity index (χ0v) is 17.3. The number of carbonyl (C=O) groups excluding carboxylic acids is 4. The van der Waals surface area contributed by atoms with Crippen LogP contribution in [0.4, 0.5) is 0 Å². The fraction of sp³-hybridized carbons (Fsp3) is 0.800. The first-order valence-electron chi connectivity index (χ1n) is 10.5. The lowest BCUT2D eigenvalue weighted by atomic mass is 10.1. The summed E-state index contributed by atoms with van der Waals surface area (Å²) in [4.78, 5) is 45.1. The van der Waals surface area contributed by atoms with Crippen molar-refractivity contribution in [1.82, 2.24) is 16.0 Å². The third-order valence-electron chi connectivity index (χ3n) is 4.26. The summed E-state index contributed by atoms with van der Waals surface area (Å²) >= 11 is 0. The van der Waals surface area contributed by atoms with Gasteiger partial charge < -0.3 is 21.7 Å². The minimum Gasteiger partial charge on any atom is -0.370 e. The number of unbranched alkanes of at least 4 members (excludes halogenated alkanes) is 5. The number of carbonyl (C=O) groups is 4. The van der Waals surface area contributed by atoms with E-state index >= 15 is 0 Å². The second kappa shape index (κ2) is 18.3. The van der Waals surface area contributed by atoms with Crippen LogP contribution in [0.1, 0.15) is 84.0 Å². The molecule has 0 aliphatic rings. The van der Waals surface area contributed by atoms with Crippen LogP contribution in [-0.2, 0) is 19.2 Å². The molecular weight excluding hydrogens is 360 g/mol. The van der Waals surface area contributed by atoms with Crippen molar-refractivity contribution >= 4 is 23.6 Å². The molecule has 4 amide bonds. The largest absolute Gasteiger partial charge is 0.370 e. The van der Waals surface area contributed by atoms with E-state index in [-0.39, 0.29) is 23.6 Å². The van der Waals surface area contributed by atoms with E-state index in [0.29, 0.717) is 58.2 Å². The number of hydrogen-bond donors (Lipinski definition) is 4. The first-order valence-corrected chi connectivity index (χ1v) is 10.5. The number of amides is 4. The SMILES string of the molecule is CCNC(=O)CCCCC(=O)NCCCCCCNC(=O)CCCCC(N)=O. The Morgan fingerprint density at radius 2 is 0.964 bits per heavy atom. The van der Waals surface area contributed by atoms with E-state index in [9.17, 15) is 19.2 Å². The van der Waals surface area contributed by atoms with Gasteiger partial charge in [0, 0.05) is 45.3 Å². The lowest BCUT2D eigenvalue weighted by Gasteiger charge is -2.07. The first kappa shape index (κ1) is 25.9.